The lowest BCUT2D eigenvalue weighted by Gasteiger charge is -2.03. The molecule has 18 heavy (non-hydrogen) atoms. The zero-order valence-corrected chi connectivity index (χ0v) is 11.3. The molecule has 0 aromatic carbocycles. The van der Waals surface area contributed by atoms with Gasteiger partial charge >= 0.3 is 0 Å². The first-order valence-electron chi connectivity index (χ1n) is 5.24. The van der Waals surface area contributed by atoms with E-state index in [0.29, 0.717) is 12.1 Å². The standard InChI is InChI=1S/C10H13N3O3S2/c1-7-9(17-10(11)13-7)18(14,15)12-5-4-8-3-2-6-16-8/h2-3,6,12H,4-5H2,1H3,(H2,11,13). The van der Waals surface area contributed by atoms with Crippen molar-refractivity contribution < 1.29 is 12.8 Å². The molecule has 0 aliphatic rings. The molecule has 6 nitrogen and oxygen atoms in total. The summed E-state index contributed by atoms with van der Waals surface area (Å²) in [7, 11) is -3.54. The van der Waals surface area contributed by atoms with Gasteiger partial charge in [-0.25, -0.2) is 18.1 Å². The third-order valence-corrected chi connectivity index (χ3v) is 5.32. The van der Waals surface area contributed by atoms with E-state index in [1.54, 1.807) is 25.3 Å². The molecular formula is C10H13N3O3S2. The van der Waals surface area contributed by atoms with E-state index in [4.69, 9.17) is 10.2 Å². The number of thiazole rings is 1. The lowest BCUT2D eigenvalue weighted by molar-refractivity contribution is 0.506. The van der Waals surface area contributed by atoms with Crippen molar-refractivity contribution in [3.05, 3.63) is 29.9 Å². The molecule has 0 unspecified atom stereocenters. The van der Waals surface area contributed by atoms with Gasteiger partial charge in [0.05, 0.1) is 12.0 Å². The topological polar surface area (TPSA) is 98.2 Å². The number of furan rings is 1. The van der Waals surface area contributed by atoms with E-state index >= 15 is 0 Å². The third kappa shape index (κ3) is 2.89. The van der Waals surface area contributed by atoms with Crippen molar-refractivity contribution in [2.24, 2.45) is 0 Å². The van der Waals surface area contributed by atoms with Gasteiger partial charge in [-0.2, -0.15) is 0 Å². The van der Waals surface area contributed by atoms with Crippen LogP contribution in [0.2, 0.25) is 0 Å². The Morgan fingerprint density at radius 1 is 1.56 bits per heavy atom. The number of anilines is 1. The fraction of sp³-hybridized carbons (Fsp3) is 0.300. The van der Waals surface area contributed by atoms with Gasteiger partial charge in [-0.3, -0.25) is 0 Å². The van der Waals surface area contributed by atoms with Gasteiger partial charge in [0, 0.05) is 13.0 Å². The SMILES string of the molecule is Cc1nc(N)sc1S(=O)(=O)NCCc1ccco1. The van der Waals surface area contributed by atoms with Gasteiger partial charge in [0.2, 0.25) is 0 Å². The molecule has 0 amide bonds. The summed E-state index contributed by atoms with van der Waals surface area (Å²) in [4.78, 5) is 3.89. The number of aryl methyl sites for hydroxylation is 1. The van der Waals surface area contributed by atoms with Crippen molar-refractivity contribution in [3.63, 3.8) is 0 Å². The maximum absolute atomic E-state index is 12.0. The highest BCUT2D eigenvalue weighted by atomic mass is 32.2. The second kappa shape index (κ2) is 5.09. The molecule has 2 rings (SSSR count). The first-order valence-corrected chi connectivity index (χ1v) is 7.54. The minimum atomic E-state index is -3.54. The highest BCUT2D eigenvalue weighted by molar-refractivity contribution is 7.91. The van der Waals surface area contributed by atoms with Crippen molar-refractivity contribution >= 4 is 26.5 Å². The Morgan fingerprint density at radius 2 is 2.33 bits per heavy atom. The Labute approximate surface area is 109 Å². The van der Waals surface area contributed by atoms with Crippen LogP contribution in [0, 0.1) is 6.92 Å². The molecule has 8 heteroatoms. The maximum atomic E-state index is 12.0. The number of nitrogen functional groups attached to an aromatic ring is 1. The van der Waals surface area contributed by atoms with Crippen molar-refractivity contribution in [2.75, 3.05) is 12.3 Å². The van der Waals surface area contributed by atoms with Crippen LogP contribution >= 0.6 is 11.3 Å². The van der Waals surface area contributed by atoms with Crippen molar-refractivity contribution in [1.29, 1.82) is 0 Å². The van der Waals surface area contributed by atoms with Crippen LogP contribution in [0.25, 0.3) is 0 Å². The Kier molecular flexibility index (Phi) is 3.69. The predicted octanol–water partition coefficient (Wildman–Crippen LogP) is 1.15. The molecule has 2 aromatic heterocycles. The number of hydrogen-bond donors (Lipinski definition) is 2. The summed E-state index contributed by atoms with van der Waals surface area (Å²) >= 11 is 0.962. The Balaban J connectivity index is 2.02. The van der Waals surface area contributed by atoms with Gasteiger partial charge in [-0.15, -0.1) is 0 Å². The number of sulfonamides is 1. The van der Waals surface area contributed by atoms with Crippen molar-refractivity contribution in [1.82, 2.24) is 9.71 Å². The van der Waals surface area contributed by atoms with E-state index in [1.807, 2.05) is 0 Å². The average molecular weight is 287 g/mol. The van der Waals surface area contributed by atoms with Crippen LogP contribution in [-0.4, -0.2) is 19.9 Å². The summed E-state index contributed by atoms with van der Waals surface area (Å²) in [5.41, 5.74) is 5.90. The van der Waals surface area contributed by atoms with Crippen molar-refractivity contribution in [2.45, 2.75) is 17.6 Å². The molecule has 0 spiro atoms. The van der Waals surface area contributed by atoms with Gasteiger partial charge in [-0.1, -0.05) is 11.3 Å². The first kappa shape index (κ1) is 13.1. The molecule has 0 saturated heterocycles. The number of nitrogens with two attached hydrogens (primary N) is 1. The van der Waals surface area contributed by atoms with E-state index in [2.05, 4.69) is 9.71 Å². The molecule has 0 aliphatic heterocycles. The molecular weight excluding hydrogens is 274 g/mol. The average Bonchev–Trinajstić information content (AvgIpc) is 2.88. The number of rotatable bonds is 5. The van der Waals surface area contributed by atoms with Gasteiger partial charge in [-0.05, 0) is 19.1 Å². The largest absolute Gasteiger partial charge is 0.469 e. The Hall–Kier alpha value is -1.38. The highest BCUT2D eigenvalue weighted by Gasteiger charge is 2.20. The van der Waals surface area contributed by atoms with Crippen LogP contribution in [0.3, 0.4) is 0 Å². The Morgan fingerprint density at radius 3 is 2.89 bits per heavy atom. The smallest absolute Gasteiger partial charge is 0.252 e. The van der Waals surface area contributed by atoms with Gasteiger partial charge in [0.15, 0.2) is 9.34 Å². The van der Waals surface area contributed by atoms with Gasteiger partial charge < -0.3 is 10.2 Å². The third-order valence-electron chi connectivity index (χ3n) is 2.26. The molecule has 3 N–H and O–H groups in total. The molecule has 2 aromatic rings. The predicted molar refractivity (Wildman–Crippen MR) is 68.9 cm³/mol. The molecule has 0 fully saturated rings. The highest BCUT2D eigenvalue weighted by Crippen LogP contribution is 2.24. The minimum Gasteiger partial charge on any atom is -0.469 e. The maximum Gasteiger partial charge on any atom is 0.252 e. The molecule has 0 saturated carbocycles. The molecule has 0 aliphatic carbocycles. The lowest BCUT2D eigenvalue weighted by Crippen LogP contribution is -2.25. The van der Waals surface area contributed by atoms with Crippen LogP contribution in [-0.2, 0) is 16.4 Å². The summed E-state index contributed by atoms with van der Waals surface area (Å²) in [6.45, 7) is 1.89. The lowest BCUT2D eigenvalue weighted by atomic mass is 10.3. The van der Waals surface area contributed by atoms with Crippen LogP contribution in [0.1, 0.15) is 11.5 Å². The van der Waals surface area contributed by atoms with Crippen LogP contribution < -0.4 is 10.5 Å². The van der Waals surface area contributed by atoms with Gasteiger partial charge in [0.25, 0.3) is 10.0 Å². The van der Waals surface area contributed by atoms with Gasteiger partial charge in [0.1, 0.15) is 5.76 Å². The second-order valence-corrected chi connectivity index (χ2v) is 6.64. The van der Waals surface area contributed by atoms with Crippen LogP contribution in [0.15, 0.2) is 27.0 Å². The van der Waals surface area contributed by atoms with E-state index in [1.165, 1.54) is 0 Å². The molecule has 2 heterocycles. The molecule has 0 bridgehead atoms. The fourth-order valence-electron chi connectivity index (χ4n) is 1.48. The van der Waals surface area contributed by atoms with Crippen LogP contribution in [0.4, 0.5) is 5.13 Å². The first-order chi connectivity index (χ1) is 8.49. The number of hydrogen-bond acceptors (Lipinski definition) is 6. The zero-order chi connectivity index (χ0) is 13.2. The zero-order valence-electron chi connectivity index (χ0n) is 9.71. The Bertz CT molecular complexity index is 617. The van der Waals surface area contributed by atoms with E-state index < -0.39 is 10.0 Å². The summed E-state index contributed by atoms with van der Waals surface area (Å²) in [6, 6.07) is 3.56. The number of nitrogens with zero attached hydrogens (tertiary/aromatic N) is 1. The molecule has 98 valence electrons. The minimum absolute atomic E-state index is 0.166. The molecule has 0 atom stereocenters. The summed E-state index contributed by atoms with van der Waals surface area (Å²) in [5, 5.41) is 0.249. The number of nitrogens with one attached hydrogen (secondary N) is 1. The normalized spacial score (nSPS) is 11.8. The van der Waals surface area contributed by atoms with Crippen molar-refractivity contribution in [3.8, 4) is 0 Å². The summed E-state index contributed by atoms with van der Waals surface area (Å²) in [6.07, 6.45) is 2.05. The van der Waals surface area contributed by atoms with E-state index in [0.717, 1.165) is 17.1 Å². The summed E-state index contributed by atoms with van der Waals surface area (Å²) < 4.78 is 31.7. The number of aromatic nitrogens is 1. The van der Waals surface area contributed by atoms with Crippen LogP contribution in [0.5, 0.6) is 0 Å². The molecule has 0 radical (unpaired) electrons. The quantitative estimate of drug-likeness (QED) is 0.859. The van der Waals surface area contributed by atoms with E-state index in [-0.39, 0.29) is 15.9 Å². The monoisotopic (exact) mass is 287 g/mol. The second-order valence-electron chi connectivity index (χ2n) is 3.65. The summed E-state index contributed by atoms with van der Waals surface area (Å²) in [5.74, 6) is 0.734. The fourth-order valence-corrected chi connectivity index (χ4v) is 3.85. The van der Waals surface area contributed by atoms with E-state index in [9.17, 15) is 8.42 Å².